The van der Waals surface area contributed by atoms with E-state index in [1.807, 2.05) is 12.1 Å². The normalized spacial score (nSPS) is 13.1. The number of halogens is 1. The minimum absolute atomic E-state index is 0.0969. The Morgan fingerprint density at radius 3 is 2.25 bits per heavy atom. The monoisotopic (exact) mass is 223 g/mol. The average Bonchev–Trinajstić information content (AvgIpc) is 2.30. The van der Waals surface area contributed by atoms with Gasteiger partial charge in [0.25, 0.3) is 0 Å². The number of hydrogen-bond donors (Lipinski definition) is 1. The first kappa shape index (κ1) is 13.2. The van der Waals surface area contributed by atoms with Crippen LogP contribution in [0.4, 0.5) is 4.39 Å². The van der Waals surface area contributed by atoms with E-state index in [1.54, 1.807) is 12.1 Å². The van der Waals surface area contributed by atoms with Crippen molar-refractivity contribution in [1.29, 1.82) is 0 Å². The van der Waals surface area contributed by atoms with Crippen LogP contribution in [0.25, 0.3) is 0 Å². The summed E-state index contributed by atoms with van der Waals surface area (Å²) < 4.78 is 13.8. The van der Waals surface area contributed by atoms with Crippen molar-refractivity contribution in [2.24, 2.45) is 5.92 Å². The third-order valence-corrected chi connectivity index (χ3v) is 3.18. The van der Waals surface area contributed by atoms with Crippen LogP contribution in [0.3, 0.4) is 0 Å². The van der Waals surface area contributed by atoms with Crippen molar-refractivity contribution < 1.29 is 4.39 Å². The van der Waals surface area contributed by atoms with Gasteiger partial charge in [0.1, 0.15) is 5.82 Å². The van der Waals surface area contributed by atoms with Crippen molar-refractivity contribution in [2.75, 3.05) is 6.54 Å². The average molecular weight is 223 g/mol. The van der Waals surface area contributed by atoms with E-state index in [0.717, 1.165) is 24.9 Å². The van der Waals surface area contributed by atoms with E-state index in [-0.39, 0.29) is 11.9 Å². The van der Waals surface area contributed by atoms with Crippen LogP contribution in [0.1, 0.15) is 45.2 Å². The number of nitrogens with one attached hydrogen (secondary N) is 1. The fourth-order valence-corrected chi connectivity index (χ4v) is 2.24. The lowest BCUT2D eigenvalue weighted by Gasteiger charge is -2.26. The highest BCUT2D eigenvalue weighted by atomic mass is 19.1. The second-order valence-electron chi connectivity index (χ2n) is 4.13. The first-order chi connectivity index (χ1) is 7.74. The Labute approximate surface area is 98.1 Å². The molecule has 0 aromatic heterocycles. The molecule has 0 spiro atoms. The van der Waals surface area contributed by atoms with Crippen molar-refractivity contribution in [3.05, 3.63) is 35.6 Å². The largest absolute Gasteiger partial charge is 0.310 e. The molecule has 0 bridgehead atoms. The molecule has 1 rings (SSSR count). The van der Waals surface area contributed by atoms with E-state index >= 15 is 0 Å². The summed E-state index contributed by atoms with van der Waals surface area (Å²) in [6.45, 7) is 7.27. The number of hydrogen-bond acceptors (Lipinski definition) is 1. The minimum atomic E-state index is -0.0969. The van der Waals surface area contributed by atoms with Gasteiger partial charge in [-0.15, -0.1) is 0 Å². The van der Waals surface area contributed by atoms with Crippen molar-refractivity contribution >= 4 is 0 Å². The quantitative estimate of drug-likeness (QED) is 0.771. The highest BCUT2D eigenvalue weighted by molar-refractivity contribution is 5.22. The van der Waals surface area contributed by atoms with Gasteiger partial charge in [-0.05, 0) is 18.5 Å². The van der Waals surface area contributed by atoms with Crippen molar-refractivity contribution in [3.63, 3.8) is 0 Å². The zero-order valence-electron chi connectivity index (χ0n) is 10.5. The number of rotatable bonds is 6. The van der Waals surface area contributed by atoms with Crippen LogP contribution in [0.2, 0.25) is 0 Å². The van der Waals surface area contributed by atoms with Crippen LogP contribution in [0.5, 0.6) is 0 Å². The lowest BCUT2D eigenvalue weighted by molar-refractivity contribution is 0.337. The van der Waals surface area contributed by atoms with Crippen molar-refractivity contribution in [1.82, 2.24) is 5.32 Å². The standard InChI is InChI=1S/C14H22FN/c1-4-11(5-2)14(16-6-3)12-9-7-8-10-13(12)15/h7-11,14,16H,4-6H2,1-3H3. The van der Waals surface area contributed by atoms with Gasteiger partial charge in [0.2, 0.25) is 0 Å². The molecule has 1 atom stereocenters. The topological polar surface area (TPSA) is 12.0 Å². The lowest BCUT2D eigenvalue weighted by Crippen LogP contribution is -2.28. The van der Waals surface area contributed by atoms with Crippen LogP contribution in [-0.2, 0) is 0 Å². The van der Waals surface area contributed by atoms with Gasteiger partial charge >= 0.3 is 0 Å². The maximum Gasteiger partial charge on any atom is 0.127 e. The van der Waals surface area contributed by atoms with Crippen LogP contribution < -0.4 is 5.32 Å². The Morgan fingerprint density at radius 2 is 1.75 bits per heavy atom. The van der Waals surface area contributed by atoms with Gasteiger partial charge in [0.05, 0.1) is 0 Å². The molecule has 1 aromatic rings. The Bertz CT molecular complexity index is 307. The fourth-order valence-electron chi connectivity index (χ4n) is 2.24. The summed E-state index contributed by atoms with van der Waals surface area (Å²) in [5.74, 6) is 0.400. The van der Waals surface area contributed by atoms with E-state index < -0.39 is 0 Å². The van der Waals surface area contributed by atoms with Crippen molar-refractivity contribution in [3.8, 4) is 0 Å². The summed E-state index contributed by atoms with van der Waals surface area (Å²) in [4.78, 5) is 0. The van der Waals surface area contributed by atoms with Gasteiger partial charge < -0.3 is 5.32 Å². The second-order valence-corrected chi connectivity index (χ2v) is 4.13. The smallest absolute Gasteiger partial charge is 0.127 e. The molecule has 0 aliphatic rings. The summed E-state index contributed by atoms with van der Waals surface area (Å²) in [7, 11) is 0. The van der Waals surface area contributed by atoms with Crippen LogP contribution in [0, 0.1) is 11.7 Å². The summed E-state index contributed by atoms with van der Waals surface area (Å²) in [6.07, 6.45) is 2.14. The highest BCUT2D eigenvalue weighted by Gasteiger charge is 2.21. The Kier molecular flexibility index (Phi) is 5.47. The lowest BCUT2D eigenvalue weighted by atomic mass is 9.88. The number of benzene rings is 1. The predicted octanol–water partition coefficient (Wildman–Crippen LogP) is 3.91. The first-order valence-corrected chi connectivity index (χ1v) is 6.22. The third-order valence-electron chi connectivity index (χ3n) is 3.18. The fraction of sp³-hybridized carbons (Fsp3) is 0.571. The predicted molar refractivity (Wildman–Crippen MR) is 66.9 cm³/mol. The summed E-state index contributed by atoms with van der Waals surface area (Å²) in [6, 6.07) is 7.23. The first-order valence-electron chi connectivity index (χ1n) is 6.22. The maximum atomic E-state index is 13.8. The van der Waals surface area contributed by atoms with Crippen LogP contribution >= 0.6 is 0 Å². The van der Waals surface area contributed by atoms with Gasteiger partial charge in [-0.1, -0.05) is 51.8 Å². The molecule has 1 N–H and O–H groups in total. The van der Waals surface area contributed by atoms with E-state index in [0.29, 0.717) is 5.92 Å². The molecule has 0 radical (unpaired) electrons. The Morgan fingerprint density at radius 1 is 1.12 bits per heavy atom. The molecule has 0 saturated heterocycles. The maximum absolute atomic E-state index is 13.8. The minimum Gasteiger partial charge on any atom is -0.310 e. The summed E-state index contributed by atoms with van der Waals surface area (Å²) in [5.41, 5.74) is 0.804. The molecule has 90 valence electrons. The van der Waals surface area contributed by atoms with Crippen molar-refractivity contribution in [2.45, 2.75) is 39.7 Å². The van der Waals surface area contributed by atoms with Gasteiger partial charge in [-0.2, -0.15) is 0 Å². The van der Waals surface area contributed by atoms with Gasteiger partial charge in [-0.3, -0.25) is 0 Å². The summed E-state index contributed by atoms with van der Waals surface area (Å²) in [5, 5.41) is 3.40. The van der Waals surface area contributed by atoms with E-state index in [2.05, 4.69) is 26.1 Å². The Hall–Kier alpha value is -0.890. The van der Waals surface area contributed by atoms with Crippen LogP contribution in [-0.4, -0.2) is 6.54 Å². The molecule has 0 fully saturated rings. The highest BCUT2D eigenvalue weighted by Crippen LogP contribution is 2.28. The molecule has 0 amide bonds. The van der Waals surface area contributed by atoms with Gasteiger partial charge in [-0.25, -0.2) is 4.39 Å². The third kappa shape index (κ3) is 3.05. The molecule has 0 aliphatic carbocycles. The van der Waals surface area contributed by atoms with E-state index in [9.17, 15) is 4.39 Å². The summed E-state index contributed by atoms with van der Waals surface area (Å²) >= 11 is 0. The molecule has 1 aromatic carbocycles. The molecule has 1 unspecified atom stereocenters. The molecule has 0 aliphatic heterocycles. The molecular weight excluding hydrogens is 201 g/mol. The van der Waals surface area contributed by atoms with Gasteiger partial charge in [0.15, 0.2) is 0 Å². The van der Waals surface area contributed by atoms with E-state index in [1.165, 1.54) is 0 Å². The molecule has 0 saturated carbocycles. The zero-order chi connectivity index (χ0) is 12.0. The van der Waals surface area contributed by atoms with Gasteiger partial charge in [0, 0.05) is 11.6 Å². The molecule has 1 nitrogen and oxygen atoms in total. The molecular formula is C14H22FN. The zero-order valence-corrected chi connectivity index (χ0v) is 10.5. The molecule has 2 heteroatoms. The van der Waals surface area contributed by atoms with Crippen LogP contribution in [0.15, 0.2) is 24.3 Å². The van der Waals surface area contributed by atoms with E-state index in [4.69, 9.17) is 0 Å². The molecule has 16 heavy (non-hydrogen) atoms. The Balaban J connectivity index is 2.97. The second kappa shape index (κ2) is 6.64. The molecule has 0 heterocycles. The SMILES string of the molecule is CCNC(c1ccccc1F)C(CC)CC.